The highest BCUT2D eigenvalue weighted by molar-refractivity contribution is 9.10. The molecule has 0 amide bonds. The van der Waals surface area contributed by atoms with Gasteiger partial charge in [0.1, 0.15) is 5.82 Å². The summed E-state index contributed by atoms with van der Waals surface area (Å²) in [6, 6.07) is 4.75. The Hall–Kier alpha value is -1.47. The van der Waals surface area contributed by atoms with Crippen LogP contribution in [0, 0.1) is 5.82 Å². The molecular weight excluding hydrogens is 359 g/mol. The first-order valence-electron chi connectivity index (χ1n) is 6.41. The highest BCUT2D eigenvalue weighted by Gasteiger charge is 2.10. The van der Waals surface area contributed by atoms with Gasteiger partial charge >= 0.3 is 5.97 Å². The summed E-state index contributed by atoms with van der Waals surface area (Å²) in [4.78, 5) is 15.6. The van der Waals surface area contributed by atoms with E-state index in [0.29, 0.717) is 34.7 Å². The normalized spacial score (nSPS) is 10.4. The first-order valence-corrected chi connectivity index (χ1v) is 8.08. The molecule has 1 aromatic heterocycles. The van der Waals surface area contributed by atoms with Crippen LogP contribution < -0.4 is 5.32 Å². The van der Waals surface area contributed by atoms with E-state index in [9.17, 15) is 9.18 Å². The van der Waals surface area contributed by atoms with Gasteiger partial charge in [-0.1, -0.05) is 6.07 Å². The molecule has 0 bridgehead atoms. The Morgan fingerprint density at radius 1 is 1.52 bits per heavy atom. The van der Waals surface area contributed by atoms with Crippen LogP contribution in [0.1, 0.15) is 19.0 Å². The molecule has 112 valence electrons. The Labute approximate surface area is 134 Å². The molecule has 0 aliphatic heterocycles. The molecule has 0 saturated carbocycles. The molecule has 1 heterocycles. The van der Waals surface area contributed by atoms with Crippen molar-refractivity contribution >= 4 is 44.1 Å². The van der Waals surface area contributed by atoms with Gasteiger partial charge in [-0.05, 0) is 35.0 Å². The molecule has 0 saturated heterocycles. The number of esters is 1. The number of nitrogens with zero attached hydrogens (tertiary/aromatic N) is 1. The molecule has 7 heteroatoms. The van der Waals surface area contributed by atoms with Gasteiger partial charge in [0.2, 0.25) is 0 Å². The summed E-state index contributed by atoms with van der Waals surface area (Å²) in [6.45, 7) is 2.15. The summed E-state index contributed by atoms with van der Waals surface area (Å²) in [5, 5.41) is 5.37. The standard InChI is InChI=1S/C14H14BrFN2O2S/c1-2-20-12(19)7-6-9-8-21-14(17-9)18-13-10(15)4-3-5-11(13)16/h3-5,8H,2,6-7H2,1H3,(H,17,18). The minimum atomic E-state index is -0.354. The molecule has 0 spiro atoms. The zero-order chi connectivity index (χ0) is 15.2. The molecule has 1 aromatic carbocycles. The van der Waals surface area contributed by atoms with Gasteiger partial charge in [0, 0.05) is 16.3 Å². The third kappa shape index (κ3) is 4.50. The molecular formula is C14H14BrFN2O2S. The Morgan fingerprint density at radius 2 is 2.33 bits per heavy atom. The van der Waals surface area contributed by atoms with E-state index in [1.165, 1.54) is 17.4 Å². The predicted molar refractivity (Wildman–Crippen MR) is 84.5 cm³/mol. The summed E-state index contributed by atoms with van der Waals surface area (Å²) in [7, 11) is 0. The fourth-order valence-corrected chi connectivity index (χ4v) is 2.86. The molecule has 0 aliphatic carbocycles. The van der Waals surface area contributed by atoms with E-state index in [1.807, 2.05) is 5.38 Å². The minimum Gasteiger partial charge on any atom is -0.466 e. The molecule has 0 aliphatic rings. The van der Waals surface area contributed by atoms with Crippen molar-refractivity contribution in [2.75, 3.05) is 11.9 Å². The zero-order valence-electron chi connectivity index (χ0n) is 11.4. The largest absolute Gasteiger partial charge is 0.466 e. The van der Waals surface area contributed by atoms with E-state index < -0.39 is 0 Å². The Morgan fingerprint density at radius 3 is 3.05 bits per heavy atom. The Bertz CT molecular complexity index is 613. The molecule has 0 atom stereocenters. The lowest BCUT2D eigenvalue weighted by Gasteiger charge is -2.06. The number of halogens is 2. The monoisotopic (exact) mass is 372 g/mol. The summed E-state index contributed by atoms with van der Waals surface area (Å²) in [6.07, 6.45) is 0.801. The second kappa shape index (κ2) is 7.51. The fourth-order valence-electron chi connectivity index (χ4n) is 1.67. The molecule has 0 fully saturated rings. The van der Waals surface area contributed by atoms with Crippen molar-refractivity contribution < 1.29 is 13.9 Å². The third-order valence-corrected chi connectivity index (χ3v) is 4.10. The molecule has 21 heavy (non-hydrogen) atoms. The summed E-state index contributed by atoms with van der Waals surface area (Å²) in [5.41, 5.74) is 1.13. The van der Waals surface area contributed by atoms with E-state index in [1.54, 1.807) is 19.1 Å². The van der Waals surface area contributed by atoms with Crippen LogP contribution in [0.4, 0.5) is 15.2 Å². The lowest BCUT2D eigenvalue weighted by Crippen LogP contribution is -2.05. The second-order valence-corrected chi connectivity index (χ2v) is 5.88. The van der Waals surface area contributed by atoms with Gasteiger partial charge < -0.3 is 10.1 Å². The number of anilines is 2. The maximum atomic E-state index is 13.7. The molecule has 1 N–H and O–H groups in total. The van der Waals surface area contributed by atoms with Crippen LogP contribution in [0.25, 0.3) is 0 Å². The predicted octanol–water partition coefficient (Wildman–Crippen LogP) is 4.28. The van der Waals surface area contributed by atoms with Crippen LogP contribution in [-0.2, 0) is 16.0 Å². The molecule has 4 nitrogen and oxygen atoms in total. The number of carbonyl (C=O) groups excluding carboxylic acids is 1. The number of thiazole rings is 1. The van der Waals surface area contributed by atoms with Gasteiger partial charge in [-0.3, -0.25) is 4.79 Å². The second-order valence-electron chi connectivity index (χ2n) is 4.17. The number of aromatic nitrogens is 1. The van der Waals surface area contributed by atoms with Crippen molar-refractivity contribution in [3.63, 3.8) is 0 Å². The number of aryl methyl sites for hydroxylation is 1. The van der Waals surface area contributed by atoms with Crippen molar-refractivity contribution in [1.82, 2.24) is 4.98 Å². The molecule has 2 rings (SSSR count). The van der Waals surface area contributed by atoms with Crippen molar-refractivity contribution in [3.05, 3.63) is 39.6 Å². The lowest BCUT2D eigenvalue weighted by molar-refractivity contribution is -0.143. The topological polar surface area (TPSA) is 51.2 Å². The van der Waals surface area contributed by atoms with E-state index in [4.69, 9.17) is 4.74 Å². The number of hydrogen-bond donors (Lipinski definition) is 1. The van der Waals surface area contributed by atoms with Crippen molar-refractivity contribution in [3.8, 4) is 0 Å². The number of rotatable bonds is 6. The minimum absolute atomic E-state index is 0.239. The Kier molecular flexibility index (Phi) is 5.69. The average molecular weight is 373 g/mol. The van der Waals surface area contributed by atoms with Crippen LogP contribution in [-0.4, -0.2) is 17.6 Å². The maximum absolute atomic E-state index is 13.7. The number of carbonyl (C=O) groups is 1. The van der Waals surface area contributed by atoms with Gasteiger partial charge in [-0.2, -0.15) is 0 Å². The van der Waals surface area contributed by atoms with Gasteiger partial charge in [0.05, 0.1) is 24.4 Å². The summed E-state index contributed by atoms with van der Waals surface area (Å²) >= 11 is 4.66. The smallest absolute Gasteiger partial charge is 0.306 e. The average Bonchev–Trinajstić information content (AvgIpc) is 2.89. The molecule has 0 unspecified atom stereocenters. The van der Waals surface area contributed by atoms with E-state index >= 15 is 0 Å². The third-order valence-electron chi connectivity index (χ3n) is 2.64. The highest BCUT2D eigenvalue weighted by Crippen LogP contribution is 2.30. The number of hydrogen-bond acceptors (Lipinski definition) is 5. The number of nitrogens with one attached hydrogen (secondary N) is 1. The lowest BCUT2D eigenvalue weighted by atomic mass is 10.2. The number of benzene rings is 1. The van der Waals surface area contributed by atoms with Crippen molar-refractivity contribution in [2.24, 2.45) is 0 Å². The summed E-state index contributed by atoms with van der Waals surface area (Å²) in [5.74, 6) is -0.593. The van der Waals surface area contributed by atoms with E-state index in [0.717, 1.165) is 5.69 Å². The zero-order valence-corrected chi connectivity index (χ0v) is 13.8. The Balaban J connectivity index is 1.99. The van der Waals surface area contributed by atoms with Crippen LogP contribution >= 0.6 is 27.3 Å². The van der Waals surface area contributed by atoms with Crippen LogP contribution in [0.3, 0.4) is 0 Å². The number of para-hydroxylation sites is 1. The highest BCUT2D eigenvalue weighted by atomic mass is 79.9. The van der Waals surface area contributed by atoms with E-state index in [2.05, 4.69) is 26.2 Å². The van der Waals surface area contributed by atoms with Crippen LogP contribution in [0.2, 0.25) is 0 Å². The van der Waals surface area contributed by atoms with E-state index in [-0.39, 0.29) is 11.8 Å². The quantitative estimate of drug-likeness (QED) is 0.768. The van der Waals surface area contributed by atoms with Gasteiger partial charge in [-0.15, -0.1) is 11.3 Å². The van der Waals surface area contributed by atoms with Gasteiger partial charge in [-0.25, -0.2) is 9.37 Å². The van der Waals surface area contributed by atoms with Crippen LogP contribution in [0.5, 0.6) is 0 Å². The first-order chi connectivity index (χ1) is 10.1. The first kappa shape index (κ1) is 15.9. The molecule has 2 aromatic rings. The SMILES string of the molecule is CCOC(=O)CCc1csc(Nc2c(F)cccc2Br)n1. The summed E-state index contributed by atoms with van der Waals surface area (Å²) < 4.78 is 19.2. The maximum Gasteiger partial charge on any atom is 0.306 e. The van der Waals surface area contributed by atoms with Crippen molar-refractivity contribution in [1.29, 1.82) is 0 Å². The fraction of sp³-hybridized carbons (Fsp3) is 0.286. The van der Waals surface area contributed by atoms with Gasteiger partial charge in [0.15, 0.2) is 5.13 Å². The number of ether oxygens (including phenoxy) is 1. The van der Waals surface area contributed by atoms with Crippen molar-refractivity contribution in [2.45, 2.75) is 19.8 Å². The van der Waals surface area contributed by atoms with Crippen LogP contribution in [0.15, 0.2) is 28.1 Å². The van der Waals surface area contributed by atoms with Gasteiger partial charge in [0.25, 0.3) is 0 Å². The molecule has 0 radical (unpaired) electrons.